The summed E-state index contributed by atoms with van der Waals surface area (Å²) in [6, 6.07) is 0.474. The van der Waals surface area contributed by atoms with Crippen LogP contribution in [-0.2, 0) is 0 Å². The average Bonchev–Trinajstić information content (AvgIpc) is 2.16. The Morgan fingerprint density at radius 2 is 1.69 bits per heavy atom. The van der Waals surface area contributed by atoms with Crippen LogP contribution in [-0.4, -0.2) is 47.5 Å². The number of hydrogen-bond donors (Lipinski definition) is 0. The molecule has 1 atom stereocenters. The highest BCUT2D eigenvalue weighted by molar-refractivity contribution is 7.78. The third kappa shape index (κ3) is 4.58. The van der Waals surface area contributed by atoms with Crippen LogP contribution in [0.2, 0.25) is 0 Å². The van der Waals surface area contributed by atoms with Crippen molar-refractivity contribution in [2.45, 2.75) is 33.7 Å². The minimum Gasteiger partial charge on any atom is -0.357 e. The van der Waals surface area contributed by atoms with Crippen molar-refractivity contribution >= 4 is 17.7 Å². The fourth-order valence-corrected chi connectivity index (χ4v) is 1.73. The zero-order valence-electron chi connectivity index (χ0n) is 9.21. The molecular weight excluding hydrogens is 180 g/mol. The Hall–Kier alpha value is -0.150. The summed E-state index contributed by atoms with van der Waals surface area (Å²) in [4.78, 5) is 4.48. The van der Waals surface area contributed by atoms with Crippen LogP contribution in [0.4, 0.5) is 0 Å². The maximum absolute atomic E-state index is 4.83. The van der Waals surface area contributed by atoms with Crippen LogP contribution in [0.25, 0.3) is 0 Å². The van der Waals surface area contributed by atoms with E-state index in [1.807, 2.05) is 0 Å². The molecule has 0 N–H and O–H groups in total. The zero-order chi connectivity index (χ0) is 10.3. The van der Waals surface area contributed by atoms with Crippen LogP contribution in [0.5, 0.6) is 0 Å². The van der Waals surface area contributed by atoms with Gasteiger partial charge in [0.2, 0.25) is 0 Å². The van der Waals surface area contributed by atoms with Crippen LogP contribution in [0, 0.1) is 0 Å². The lowest BCUT2D eigenvalue weighted by atomic mass is 10.2. The van der Waals surface area contributed by atoms with Gasteiger partial charge in [-0.25, -0.2) is 0 Å². The van der Waals surface area contributed by atoms with E-state index in [0.717, 1.165) is 26.2 Å². The van der Waals surface area contributed by atoms with E-state index in [1.165, 1.54) is 0 Å². The van der Waals surface area contributed by atoms with E-state index in [0.29, 0.717) is 6.04 Å². The smallest absolute Gasteiger partial charge is 0.137 e. The molecular formula is C10H21N2S. The fraction of sp³-hybridized carbons (Fsp3) is 0.900. The lowest BCUT2D eigenvalue weighted by Crippen LogP contribution is -2.41. The highest BCUT2D eigenvalue weighted by Crippen LogP contribution is 1.99. The Balaban J connectivity index is 3.94. The maximum Gasteiger partial charge on any atom is 0.137 e. The van der Waals surface area contributed by atoms with E-state index in [4.69, 9.17) is 12.2 Å². The summed E-state index contributed by atoms with van der Waals surface area (Å²) in [5.74, 6) is 0. The minimum absolute atomic E-state index is 0.474. The van der Waals surface area contributed by atoms with E-state index in [1.54, 1.807) is 0 Å². The lowest BCUT2D eigenvalue weighted by molar-refractivity contribution is 0.225. The van der Waals surface area contributed by atoms with Gasteiger partial charge in [0.1, 0.15) is 5.49 Å². The van der Waals surface area contributed by atoms with Crippen molar-refractivity contribution < 1.29 is 0 Å². The van der Waals surface area contributed by atoms with Crippen molar-refractivity contribution in [2.75, 3.05) is 26.2 Å². The van der Waals surface area contributed by atoms with Gasteiger partial charge >= 0.3 is 0 Å². The Morgan fingerprint density at radius 3 is 2.00 bits per heavy atom. The molecule has 1 radical (unpaired) electrons. The van der Waals surface area contributed by atoms with Crippen molar-refractivity contribution in [3.8, 4) is 0 Å². The Labute approximate surface area is 87.9 Å². The van der Waals surface area contributed by atoms with Crippen molar-refractivity contribution in [1.29, 1.82) is 0 Å². The summed E-state index contributed by atoms with van der Waals surface area (Å²) in [5, 5.41) is 0. The largest absolute Gasteiger partial charge is 0.357 e. The molecule has 0 saturated carbocycles. The van der Waals surface area contributed by atoms with E-state index in [9.17, 15) is 0 Å². The second-order valence-corrected chi connectivity index (χ2v) is 3.39. The Bertz CT molecular complexity index is 135. The first-order valence-corrected chi connectivity index (χ1v) is 5.47. The Morgan fingerprint density at radius 1 is 1.15 bits per heavy atom. The highest BCUT2D eigenvalue weighted by Gasteiger charge is 2.11. The van der Waals surface area contributed by atoms with Crippen LogP contribution < -0.4 is 0 Å². The van der Waals surface area contributed by atoms with Gasteiger partial charge in [0, 0.05) is 19.1 Å². The van der Waals surface area contributed by atoms with Crippen LogP contribution in [0.15, 0.2) is 0 Å². The molecule has 2 nitrogen and oxygen atoms in total. The predicted octanol–water partition coefficient (Wildman–Crippen LogP) is 1.87. The Kier molecular flexibility index (Phi) is 7.19. The van der Waals surface area contributed by atoms with Crippen LogP contribution >= 0.6 is 12.2 Å². The molecule has 0 amide bonds. The molecule has 0 aromatic heterocycles. The first-order chi connectivity index (χ1) is 6.19. The monoisotopic (exact) mass is 201 g/mol. The average molecular weight is 201 g/mol. The van der Waals surface area contributed by atoms with Gasteiger partial charge in [0.05, 0.1) is 0 Å². The molecule has 3 heteroatoms. The van der Waals surface area contributed by atoms with Gasteiger partial charge in [-0.15, -0.1) is 0 Å². The number of thiocarbonyl (C=S) groups is 1. The molecule has 13 heavy (non-hydrogen) atoms. The first-order valence-electron chi connectivity index (χ1n) is 5.06. The van der Waals surface area contributed by atoms with Gasteiger partial charge in [0.25, 0.3) is 0 Å². The van der Waals surface area contributed by atoms with E-state index in [2.05, 4.69) is 43.0 Å². The van der Waals surface area contributed by atoms with Gasteiger partial charge < -0.3 is 9.80 Å². The number of nitrogens with zero attached hydrogens (tertiary/aromatic N) is 2. The molecule has 0 rings (SSSR count). The van der Waals surface area contributed by atoms with E-state index >= 15 is 0 Å². The summed E-state index contributed by atoms with van der Waals surface area (Å²) in [6.45, 7) is 12.9. The predicted molar refractivity (Wildman–Crippen MR) is 62.2 cm³/mol. The molecule has 0 heterocycles. The summed E-state index contributed by atoms with van der Waals surface area (Å²) in [7, 11) is 0. The molecule has 0 aliphatic heterocycles. The zero-order valence-corrected chi connectivity index (χ0v) is 10.0. The molecule has 0 saturated heterocycles. The van der Waals surface area contributed by atoms with Crippen molar-refractivity contribution in [2.24, 2.45) is 0 Å². The number of likely N-dealkylation sites (N-methyl/N-ethyl adjacent to an activating group) is 2. The summed E-state index contributed by atoms with van der Waals surface area (Å²) in [6.07, 6.45) is 0. The SMILES string of the molecule is CCN(CC)CC(C)N([C]=S)CC. The molecule has 0 aromatic carbocycles. The fourth-order valence-electron chi connectivity index (χ4n) is 1.42. The van der Waals surface area contributed by atoms with Crippen LogP contribution in [0.1, 0.15) is 27.7 Å². The van der Waals surface area contributed by atoms with Gasteiger partial charge in [-0.05, 0) is 26.9 Å². The van der Waals surface area contributed by atoms with Crippen LogP contribution in [0.3, 0.4) is 0 Å². The minimum atomic E-state index is 0.474. The van der Waals surface area contributed by atoms with Gasteiger partial charge in [-0.1, -0.05) is 26.1 Å². The molecule has 0 aliphatic carbocycles. The number of rotatable bonds is 7. The highest BCUT2D eigenvalue weighted by atomic mass is 32.1. The van der Waals surface area contributed by atoms with Gasteiger partial charge in [-0.3, -0.25) is 0 Å². The molecule has 77 valence electrons. The topological polar surface area (TPSA) is 6.48 Å². The second kappa shape index (κ2) is 7.27. The molecule has 0 fully saturated rings. The van der Waals surface area contributed by atoms with Crippen molar-refractivity contribution in [1.82, 2.24) is 9.80 Å². The number of hydrogen-bond acceptors (Lipinski definition) is 2. The molecule has 0 aromatic rings. The lowest BCUT2D eigenvalue weighted by Gasteiger charge is -2.29. The third-order valence-corrected chi connectivity index (χ3v) is 2.64. The summed E-state index contributed by atoms with van der Waals surface area (Å²) in [5.41, 5.74) is 2.80. The van der Waals surface area contributed by atoms with Crippen molar-refractivity contribution in [3.63, 3.8) is 0 Å². The molecule has 0 spiro atoms. The third-order valence-electron chi connectivity index (χ3n) is 2.41. The maximum atomic E-state index is 4.83. The molecule has 0 aliphatic rings. The second-order valence-electron chi connectivity index (χ2n) is 3.21. The van der Waals surface area contributed by atoms with E-state index < -0.39 is 0 Å². The van der Waals surface area contributed by atoms with Crippen molar-refractivity contribution in [3.05, 3.63) is 0 Å². The van der Waals surface area contributed by atoms with E-state index in [-0.39, 0.29) is 0 Å². The summed E-state index contributed by atoms with van der Waals surface area (Å²) < 4.78 is 0. The summed E-state index contributed by atoms with van der Waals surface area (Å²) >= 11 is 4.83. The quantitative estimate of drug-likeness (QED) is 0.459. The molecule has 0 bridgehead atoms. The van der Waals surface area contributed by atoms with Gasteiger partial charge in [-0.2, -0.15) is 0 Å². The molecule has 1 unspecified atom stereocenters. The first kappa shape index (κ1) is 12.8. The standard InChI is InChI=1S/C10H21N2S/c1-5-11(6-2)8-10(4)12(7-3)9-13/h10H,5-8H2,1-4H3. The normalized spacial score (nSPS) is 13.0. The van der Waals surface area contributed by atoms with Gasteiger partial charge in [0.15, 0.2) is 0 Å².